The van der Waals surface area contributed by atoms with E-state index in [0.717, 1.165) is 32.1 Å². The normalized spacial score (nSPS) is 29.5. The highest BCUT2D eigenvalue weighted by Crippen LogP contribution is 2.51. The molecule has 0 fully saturated rings. The van der Waals surface area contributed by atoms with E-state index in [1.54, 1.807) is 14.1 Å². The molecule has 2 amide bonds. The molecule has 1 N–H and O–H groups in total. The number of hydrazine groups is 1. The number of hydrogen-bond acceptors (Lipinski definition) is 5. The lowest BCUT2D eigenvalue weighted by atomic mass is 9.62. The number of urea groups is 1. The summed E-state index contributed by atoms with van der Waals surface area (Å²) >= 11 is 0. The lowest BCUT2D eigenvalue weighted by Gasteiger charge is -2.42. The number of carbonyl (C=O) groups is 1. The first-order chi connectivity index (χ1) is 16.9. The molecule has 9 heteroatoms. The van der Waals surface area contributed by atoms with Crippen LogP contribution in [0.1, 0.15) is 27.7 Å². The van der Waals surface area contributed by atoms with E-state index in [1.807, 2.05) is 45.9 Å². The van der Waals surface area contributed by atoms with Crippen LogP contribution >= 0.6 is 0 Å². The van der Waals surface area contributed by atoms with Gasteiger partial charge in [-0.2, -0.15) is 0 Å². The summed E-state index contributed by atoms with van der Waals surface area (Å²) in [6.45, 7) is 7.24. The standard InChI is InChI=1S/C27H29N6O3/c1-26(2)27(3,4)33(36)24(32(26)35)18-13-16-8-7-15-9-12-20(23-28-30(5)25(34)31(6)29-23)19-11-10-17(14-18)21(16)22(15)19/h7-14,21-22H,1-6H3,(H,28,29). The van der Waals surface area contributed by atoms with Gasteiger partial charge in [-0.05, 0) is 62.1 Å². The van der Waals surface area contributed by atoms with Crippen LogP contribution in [0.5, 0.6) is 0 Å². The Balaban J connectivity index is 1.46. The van der Waals surface area contributed by atoms with Gasteiger partial charge in [0.25, 0.3) is 0 Å². The third kappa shape index (κ3) is 2.77. The van der Waals surface area contributed by atoms with Gasteiger partial charge in [0.15, 0.2) is 11.4 Å². The number of allylic oxidation sites excluding steroid dienone is 10. The average molecular weight is 486 g/mol. The Morgan fingerprint density at radius 3 is 2.33 bits per heavy atom. The van der Waals surface area contributed by atoms with Crippen LogP contribution in [-0.4, -0.2) is 62.7 Å². The average Bonchev–Trinajstić information content (AvgIpc) is 2.96. The Morgan fingerprint density at radius 1 is 0.972 bits per heavy atom. The fourth-order valence-corrected chi connectivity index (χ4v) is 5.73. The van der Waals surface area contributed by atoms with Crippen LogP contribution in [-0.2, 0) is 5.21 Å². The van der Waals surface area contributed by atoms with Crippen LogP contribution in [0, 0.1) is 17.0 Å². The summed E-state index contributed by atoms with van der Waals surface area (Å²) in [5, 5.41) is 34.7. The summed E-state index contributed by atoms with van der Waals surface area (Å²) < 4.78 is 0.869. The van der Waals surface area contributed by atoms with Crippen LogP contribution in [0.3, 0.4) is 0 Å². The van der Waals surface area contributed by atoms with E-state index in [1.165, 1.54) is 15.6 Å². The molecule has 0 bridgehead atoms. The van der Waals surface area contributed by atoms with Crippen LogP contribution < -0.4 is 5.43 Å². The highest BCUT2D eigenvalue weighted by atomic mass is 16.5. The molecular weight excluding hydrogens is 456 g/mol. The predicted molar refractivity (Wildman–Crippen MR) is 135 cm³/mol. The first-order valence-electron chi connectivity index (χ1n) is 12.1. The minimum Gasteiger partial charge on any atom is -0.714 e. The molecule has 36 heavy (non-hydrogen) atoms. The summed E-state index contributed by atoms with van der Waals surface area (Å²) in [6.07, 6.45) is 16.4. The molecule has 2 heterocycles. The summed E-state index contributed by atoms with van der Waals surface area (Å²) in [6, 6.07) is -0.238. The Kier molecular flexibility index (Phi) is 4.46. The molecule has 0 aromatic carbocycles. The zero-order valence-corrected chi connectivity index (χ0v) is 21.2. The molecule has 2 aliphatic heterocycles. The van der Waals surface area contributed by atoms with Gasteiger partial charge in [-0.15, -0.1) is 5.10 Å². The topological polar surface area (TPSA) is 97.2 Å². The van der Waals surface area contributed by atoms with Crippen molar-refractivity contribution >= 4 is 17.7 Å². The highest BCUT2D eigenvalue weighted by molar-refractivity contribution is 6.06. The summed E-state index contributed by atoms with van der Waals surface area (Å²) in [5.74, 6) is 0.908. The molecule has 2 unspecified atom stereocenters. The maximum atomic E-state index is 13.3. The van der Waals surface area contributed by atoms with E-state index in [0.29, 0.717) is 11.4 Å². The van der Waals surface area contributed by atoms with Crippen molar-refractivity contribution in [3.05, 3.63) is 87.3 Å². The number of hydroxylamine groups is 3. The van der Waals surface area contributed by atoms with Gasteiger partial charge in [-0.25, -0.2) is 14.8 Å². The van der Waals surface area contributed by atoms with Gasteiger partial charge < -0.3 is 5.21 Å². The van der Waals surface area contributed by atoms with Crippen LogP contribution in [0.2, 0.25) is 0 Å². The second-order valence-corrected chi connectivity index (χ2v) is 11.0. The number of nitrogens with one attached hydrogen (secondary N) is 1. The van der Waals surface area contributed by atoms with Gasteiger partial charge in [0.2, 0.25) is 0 Å². The van der Waals surface area contributed by atoms with E-state index in [-0.39, 0.29) is 23.7 Å². The number of rotatable bonds is 2. The van der Waals surface area contributed by atoms with E-state index >= 15 is 0 Å². The quantitative estimate of drug-likeness (QED) is 0.479. The van der Waals surface area contributed by atoms with Gasteiger partial charge in [-0.3, -0.25) is 10.2 Å². The van der Waals surface area contributed by atoms with Crippen molar-refractivity contribution in [1.82, 2.24) is 20.5 Å². The first kappa shape index (κ1) is 22.6. The molecule has 0 aromatic heterocycles. The van der Waals surface area contributed by atoms with E-state index in [4.69, 9.17) is 0 Å². The van der Waals surface area contributed by atoms with E-state index in [2.05, 4.69) is 40.9 Å². The van der Waals surface area contributed by atoms with Crippen molar-refractivity contribution < 1.29 is 14.7 Å². The van der Waals surface area contributed by atoms with Crippen LogP contribution in [0.25, 0.3) is 0 Å². The Labute approximate surface area is 210 Å². The predicted octanol–water partition coefficient (Wildman–Crippen LogP) is 3.33. The Bertz CT molecular complexity index is 1400. The zero-order valence-electron chi connectivity index (χ0n) is 21.2. The van der Waals surface area contributed by atoms with Crippen molar-refractivity contribution in [2.24, 2.45) is 16.9 Å². The molecule has 9 nitrogen and oxygen atoms in total. The van der Waals surface area contributed by atoms with Gasteiger partial charge in [0, 0.05) is 36.7 Å². The molecule has 1 radical (unpaired) electrons. The number of nitrogens with zero attached hydrogens (tertiary/aromatic N) is 5. The lowest BCUT2D eigenvalue weighted by Crippen LogP contribution is -2.53. The zero-order chi connectivity index (χ0) is 25.7. The van der Waals surface area contributed by atoms with Gasteiger partial charge in [-0.1, -0.05) is 41.5 Å². The van der Waals surface area contributed by atoms with Gasteiger partial charge in [0.05, 0.1) is 5.57 Å². The van der Waals surface area contributed by atoms with Gasteiger partial charge >= 0.3 is 11.9 Å². The van der Waals surface area contributed by atoms with Crippen LogP contribution in [0.4, 0.5) is 4.79 Å². The molecule has 2 atom stereocenters. The number of amidine groups is 2. The Hall–Kier alpha value is -3.85. The third-order valence-corrected chi connectivity index (χ3v) is 8.57. The Morgan fingerprint density at radius 2 is 1.67 bits per heavy atom. The number of amides is 2. The monoisotopic (exact) mass is 485 g/mol. The van der Waals surface area contributed by atoms with E-state index in [9.17, 15) is 15.2 Å². The van der Waals surface area contributed by atoms with Crippen molar-refractivity contribution in [3.63, 3.8) is 0 Å². The molecule has 6 rings (SSSR count). The maximum Gasteiger partial charge on any atom is 0.358 e. The molecule has 0 aromatic rings. The second kappa shape index (κ2) is 7.10. The van der Waals surface area contributed by atoms with Crippen molar-refractivity contribution in [1.29, 1.82) is 0 Å². The fraction of sp³-hybridized carbons (Fsp3) is 0.370. The molecule has 185 valence electrons. The van der Waals surface area contributed by atoms with Crippen molar-refractivity contribution in [2.45, 2.75) is 38.8 Å². The molecule has 0 saturated heterocycles. The largest absolute Gasteiger partial charge is 0.714 e. The number of hydrazone groups is 1. The first-order valence-corrected chi connectivity index (χ1v) is 12.1. The van der Waals surface area contributed by atoms with E-state index < -0.39 is 11.1 Å². The lowest BCUT2D eigenvalue weighted by molar-refractivity contribution is -0.539. The second-order valence-electron chi connectivity index (χ2n) is 11.0. The highest BCUT2D eigenvalue weighted by Gasteiger charge is 2.60. The third-order valence-electron chi connectivity index (χ3n) is 8.57. The fourth-order valence-electron chi connectivity index (χ4n) is 5.73. The van der Waals surface area contributed by atoms with Gasteiger partial charge in [0.1, 0.15) is 5.54 Å². The number of carbonyl (C=O) groups excluding carboxylic acids is 1. The molecule has 0 spiro atoms. The summed E-state index contributed by atoms with van der Waals surface area (Å²) in [7, 11) is 3.31. The number of hydrogen-bond donors (Lipinski definition) is 1. The molecule has 4 aliphatic carbocycles. The summed E-state index contributed by atoms with van der Waals surface area (Å²) in [5.41, 5.74) is 7.34. The van der Waals surface area contributed by atoms with Crippen molar-refractivity contribution in [3.8, 4) is 0 Å². The minimum absolute atomic E-state index is 0.0678. The minimum atomic E-state index is -0.870. The van der Waals surface area contributed by atoms with Crippen LogP contribution in [0.15, 0.2) is 87.1 Å². The summed E-state index contributed by atoms with van der Waals surface area (Å²) in [4.78, 5) is 12.1. The molecular formula is C27H29N6O3. The molecule has 6 aliphatic rings. The SMILES string of the molecule is CN1N=C(C2=CC=C3C=CC4=CC(C5=[N+]([O-])C(C)(C)C(C)(C)N5[O])=CC5=CC=C2C3C54)NN(C)C1=O. The smallest absolute Gasteiger partial charge is 0.358 e. The maximum absolute atomic E-state index is 13.3. The van der Waals surface area contributed by atoms with Crippen molar-refractivity contribution in [2.75, 3.05) is 14.1 Å². The molecule has 0 saturated carbocycles.